The molecule has 1 aromatic rings. The first-order valence-electron chi connectivity index (χ1n) is 6.21. The molecule has 0 atom stereocenters. The van der Waals surface area contributed by atoms with Crippen LogP contribution in [0.1, 0.15) is 37.0 Å². The summed E-state index contributed by atoms with van der Waals surface area (Å²) in [6.07, 6.45) is 1.59. The average molecular weight is 253 g/mol. The van der Waals surface area contributed by atoms with Crippen LogP contribution in [0.2, 0.25) is 0 Å². The minimum Gasteiger partial charge on any atom is -0.396 e. The molecule has 0 heterocycles. The molecule has 0 saturated heterocycles. The Morgan fingerprint density at radius 1 is 1.28 bits per heavy atom. The van der Waals surface area contributed by atoms with Crippen LogP contribution >= 0.6 is 0 Å². The van der Waals surface area contributed by atoms with Gasteiger partial charge < -0.3 is 10.4 Å². The molecule has 0 fully saturated rings. The minimum absolute atomic E-state index is 0.0453. The Morgan fingerprint density at radius 2 is 1.83 bits per heavy atom. The van der Waals surface area contributed by atoms with E-state index in [0.717, 1.165) is 12.8 Å². The molecule has 0 aliphatic rings. The fraction of sp³-hybridized carbons (Fsp3) is 0.500. The van der Waals surface area contributed by atoms with Gasteiger partial charge in [0.1, 0.15) is 5.82 Å². The summed E-state index contributed by atoms with van der Waals surface area (Å²) in [6.45, 7) is 4.45. The molecule has 3 nitrogen and oxygen atoms in total. The second kappa shape index (κ2) is 6.50. The highest BCUT2D eigenvalue weighted by atomic mass is 19.1. The molecule has 100 valence electrons. The molecule has 0 radical (unpaired) electrons. The lowest BCUT2D eigenvalue weighted by molar-refractivity contribution is 0.0851. The van der Waals surface area contributed by atoms with Gasteiger partial charge in [0, 0.05) is 17.5 Å². The standard InChI is InChI=1S/C14H20FNO2/c1-3-14(4-2,10-17)9-16-13(18)11-5-7-12(15)8-6-11/h5-8,17H,3-4,9-10H2,1-2H3,(H,16,18). The Hall–Kier alpha value is -1.42. The Morgan fingerprint density at radius 3 is 2.28 bits per heavy atom. The third-order valence-electron chi connectivity index (χ3n) is 3.57. The Balaban J connectivity index is 2.63. The monoisotopic (exact) mass is 253 g/mol. The number of aliphatic hydroxyl groups is 1. The molecule has 18 heavy (non-hydrogen) atoms. The number of amides is 1. The van der Waals surface area contributed by atoms with E-state index in [4.69, 9.17) is 0 Å². The Bertz CT molecular complexity index is 377. The lowest BCUT2D eigenvalue weighted by atomic mass is 9.83. The largest absolute Gasteiger partial charge is 0.396 e. The molecule has 0 aliphatic carbocycles. The predicted octanol–water partition coefficient (Wildman–Crippen LogP) is 2.35. The van der Waals surface area contributed by atoms with E-state index in [1.807, 2.05) is 13.8 Å². The summed E-state index contributed by atoms with van der Waals surface area (Å²) in [7, 11) is 0. The number of hydrogen-bond donors (Lipinski definition) is 2. The van der Waals surface area contributed by atoms with Crippen LogP contribution in [0.4, 0.5) is 4.39 Å². The van der Waals surface area contributed by atoms with Crippen LogP contribution in [0, 0.1) is 11.2 Å². The van der Waals surface area contributed by atoms with Gasteiger partial charge in [0.2, 0.25) is 0 Å². The first-order valence-corrected chi connectivity index (χ1v) is 6.21. The van der Waals surface area contributed by atoms with Gasteiger partial charge in [-0.3, -0.25) is 4.79 Å². The third kappa shape index (κ3) is 3.53. The molecule has 0 bridgehead atoms. The highest BCUT2D eigenvalue weighted by Crippen LogP contribution is 2.24. The van der Waals surface area contributed by atoms with Crippen LogP contribution < -0.4 is 5.32 Å². The molecule has 0 unspecified atom stereocenters. The maximum atomic E-state index is 12.7. The first kappa shape index (κ1) is 14.6. The third-order valence-corrected chi connectivity index (χ3v) is 3.57. The second-order valence-electron chi connectivity index (χ2n) is 4.55. The zero-order chi connectivity index (χ0) is 13.6. The molecule has 0 saturated carbocycles. The van der Waals surface area contributed by atoms with Crippen molar-refractivity contribution >= 4 is 5.91 Å². The van der Waals surface area contributed by atoms with E-state index in [1.165, 1.54) is 24.3 Å². The van der Waals surface area contributed by atoms with Crippen molar-refractivity contribution in [1.82, 2.24) is 5.32 Å². The average Bonchev–Trinajstić information content (AvgIpc) is 2.41. The fourth-order valence-electron chi connectivity index (χ4n) is 1.75. The van der Waals surface area contributed by atoms with Gasteiger partial charge in [-0.1, -0.05) is 13.8 Å². The number of carbonyl (C=O) groups is 1. The van der Waals surface area contributed by atoms with Crippen LogP contribution in [0.25, 0.3) is 0 Å². The molecule has 1 amide bonds. The van der Waals surface area contributed by atoms with Gasteiger partial charge in [0.05, 0.1) is 6.61 Å². The van der Waals surface area contributed by atoms with Crippen molar-refractivity contribution in [2.75, 3.05) is 13.2 Å². The highest BCUT2D eigenvalue weighted by molar-refractivity contribution is 5.94. The van der Waals surface area contributed by atoms with Gasteiger partial charge in [0.25, 0.3) is 5.91 Å². The van der Waals surface area contributed by atoms with Crippen LogP contribution in [0.15, 0.2) is 24.3 Å². The molecule has 1 aromatic carbocycles. The predicted molar refractivity (Wildman–Crippen MR) is 68.8 cm³/mol. The van der Waals surface area contributed by atoms with Gasteiger partial charge in [0.15, 0.2) is 0 Å². The maximum Gasteiger partial charge on any atom is 0.251 e. The number of hydrogen-bond acceptors (Lipinski definition) is 2. The normalized spacial score (nSPS) is 11.3. The SMILES string of the molecule is CCC(CC)(CO)CNC(=O)c1ccc(F)cc1. The highest BCUT2D eigenvalue weighted by Gasteiger charge is 2.25. The summed E-state index contributed by atoms with van der Waals surface area (Å²) in [5.41, 5.74) is 0.158. The van der Waals surface area contributed by atoms with E-state index in [-0.39, 0.29) is 23.7 Å². The molecule has 2 N–H and O–H groups in total. The van der Waals surface area contributed by atoms with Gasteiger partial charge in [-0.2, -0.15) is 0 Å². The van der Waals surface area contributed by atoms with Crippen molar-refractivity contribution in [3.05, 3.63) is 35.6 Å². The lowest BCUT2D eigenvalue weighted by Crippen LogP contribution is -2.39. The quantitative estimate of drug-likeness (QED) is 0.817. The molecule has 1 rings (SSSR count). The fourth-order valence-corrected chi connectivity index (χ4v) is 1.75. The maximum absolute atomic E-state index is 12.7. The molecular formula is C14H20FNO2. The van der Waals surface area contributed by atoms with Crippen LogP contribution in [0.3, 0.4) is 0 Å². The molecule has 0 aromatic heterocycles. The number of nitrogens with one attached hydrogen (secondary N) is 1. The Kier molecular flexibility index (Phi) is 5.28. The molecule has 4 heteroatoms. The van der Waals surface area contributed by atoms with Gasteiger partial charge >= 0.3 is 0 Å². The number of aliphatic hydroxyl groups excluding tert-OH is 1. The zero-order valence-electron chi connectivity index (χ0n) is 10.9. The van der Waals surface area contributed by atoms with Crippen LogP contribution in [-0.4, -0.2) is 24.2 Å². The van der Waals surface area contributed by atoms with Crippen LogP contribution in [0.5, 0.6) is 0 Å². The molecule has 0 aliphatic heterocycles. The number of benzene rings is 1. The summed E-state index contributed by atoms with van der Waals surface area (Å²) >= 11 is 0. The van der Waals surface area contributed by atoms with Crippen molar-refractivity contribution in [3.63, 3.8) is 0 Å². The summed E-state index contributed by atoms with van der Waals surface area (Å²) in [4.78, 5) is 11.8. The van der Waals surface area contributed by atoms with Gasteiger partial charge in [-0.15, -0.1) is 0 Å². The van der Waals surface area contributed by atoms with E-state index in [9.17, 15) is 14.3 Å². The summed E-state index contributed by atoms with van der Waals surface area (Å²) in [6, 6.07) is 5.41. The summed E-state index contributed by atoms with van der Waals surface area (Å²) < 4.78 is 12.7. The summed E-state index contributed by atoms with van der Waals surface area (Å²) in [5, 5.41) is 12.2. The van der Waals surface area contributed by atoms with E-state index in [1.54, 1.807) is 0 Å². The number of rotatable bonds is 6. The van der Waals surface area contributed by atoms with Crippen molar-refractivity contribution in [1.29, 1.82) is 0 Å². The number of carbonyl (C=O) groups excluding carboxylic acids is 1. The summed E-state index contributed by atoms with van der Waals surface area (Å²) in [5.74, 6) is -0.604. The van der Waals surface area contributed by atoms with Crippen molar-refractivity contribution in [2.45, 2.75) is 26.7 Å². The minimum atomic E-state index is -0.363. The first-order chi connectivity index (χ1) is 8.56. The molecule has 0 spiro atoms. The van der Waals surface area contributed by atoms with E-state index < -0.39 is 0 Å². The Labute approximate surface area is 107 Å². The smallest absolute Gasteiger partial charge is 0.251 e. The van der Waals surface area contributed by atoms with Crippen LogP contribution in [-0.2, 0) is 0 Å². The second-order valence-corrected chi connectivity index (χ2v) is 4.55. The van der Waals surface area contributed by atoms with Crippen molar-refractivity contribution in [3.8, 4) is 0 Å². The van der Waals surface area contributed by atoms with E-state index in [0.29, 0.717) is 12.1 Å². The van der Waals surface area contributed by atoms with Crippen molar-refractivity contribution < 1.29 is 14.3 Å². The van der Waals surface area contributed by atoms with Gasteiger partial charge in [-0.25, -0.2) is 4.39 Å². The topological polar surface area (TPSA) is 49.3 Å². The molecular weight excluding hydrogens is 233 g/mol. The van der Waals surface area contributed by atoms with E-state index in [2.05, 4.69) is 5.32 Å². The van der Waals surface area contributed by atoms with Gasteiger partial charge in [-0.05, 0) is 37.1 Å². The van der Waals surface area contributed by atoms with E-state index >= 15 is 0 Å². The van der Waals surface area contributed by atoms with Crippen molar-refractivity contribution in [2.24, 2.45) is 5.41 Å². The number of halogens is 1. The lowest BCUT2D eigenvalue weighted by Gasteiger charge is -2.29. The zero-order valence-corrected chi connectivity index (χ0v) is 10.9.